The SMILES string of the molecule is COc1c(C)c(OC[C@@H]2[C@@]3(C)CCCC(C)(C)[C@@H]3CC[C@@]2(C)O)c2c(c1C(=O)O)CN([C@@H](CC(C)C)C(=O)O)C2=O. The molecule has 5 atom stereocenters. The van der Waals surface area contributed by atoms with E-state index >= 15 is 0 Å². The zero-order valence-corrected chi connectivity index (χ0v) is 25.8. The molecule has 0 bridgehead atoms. The highest BCUT2D eigenvalue weighted by molar-refractivity contribution is 6.08. The van der Waals surface area contributed by atoms with Crippen LogP contribution in [0.3, 0.4) is 0 Å². The van der Waals surface area contributed by atoms with Crippen LogP contribution in [-0.2, 0) is 11.3 Å². The lowest BCUT2D eigenvalue weighted by atomic mass is 9.46. The van der Waals surface area contributed by atoms with E-state index in [2.05, 4.69) is 20.8 Å². The molecule has 1 aliphatic heterocycles. The van der Waals surface area contributed by atoms with Crippen LogP contribution in [0.1, 0.15) is 112 Å². The smallest absolute Gasteiger partial charge is 0.339 e. The first-order valence-electron chi connectivity index (χ1n) is 14.8. The molecule has 1 amide bonds. The van der Waals surface area contributed by atoms with Gasteiger partial charge in [-0.1, -0.05) is 41.0 Å². The van der Waals surface area contributed by atoms with Gasteiger partial charge in [-0.2, -0.15) is 0 Å². The summed E-state index contributed by atoms with van der Waals surface area (Å²) in [5.74, 6) is -2.48. The minimum absolute atomic E-state index is 0.000477. The third-order valence-electron chi connectivity index (χ3n) is 10.5. The number of hydrogen-bond acceptors (Lipinski definition) is 6. The molecule has 1 aromatic rings. The highest BCUT2D eigenvalue weighted by Crippen LogP contribution is 2.62. The Morgan fingerprint density at radius 3 is 2.29 bits per heavy atom. The lowest BCUT2D eigenvalue weighted by Gasteiger charge is -2.61. The predicted octanol–water partition coefficient (Wildman–Crippen LogP) is 5.53. The Labute approximate surface area is 243 Å². The number of carbonyl (C=O) groups is 3. The Morgan fingerprint density at radius 2 is 1.73 bits per heavy atom. The van der Waals surface area contributed by atoms with Crippen molar-refractivity contribution in [2.75, 3.05) is 13.7 Å². The second kappa shape index (κ2) is 10.8. The van der Waals surface area contributed by atoms with Crippen molar-refractivity contribution in [3.63, 3.8) is 0 Å². The van der Waals surface area contributed by atoms with E-state index in [-0.39, 0.29) is 70.4 Å². The van der Waals surface area contributed by atoms with Crippen LogP contribution < -0.4 is 9.47 Å². The van der Waals surface area contributed by atoms with E-state index in [0.29, 0.717) is 17.9 Å². The van der Waals surface area contributed by atoms with E-state index in [1.165, 1.54) is 12.0 Å². The van der Waals surface area contributed by atoms with Gasteiger partial charge in [-0.3, -0.25) is 4.79 Å². The van der Waals surface area contributed by atoms with Crippen molar-refractivity contribution < 1.29 is 39.2 Å². The molecule has 228 valence electrons. The molecule has 9 heteroatoms. The summed E-state index contributed by atoms with van der Waals surface area (Å²) in [6.45, 7) is 14.1. The zero-order valence-electron chi connectivity index (χ0n) is 25.8. The number of benzene rings is 1. The summed E-state index contributed by atoms with van der Waals surface area (Å²) in [6, 6.07) is -1.11. The van der Waals surface area contributed by atoms with Crippen molar-refractivity contribution in [1.82, 2.24) is 4.90 Å². The van der Waals surface area contributed by atoms with Crippen LogP contribution in [0.15, 0.2) is 0 Å². The molecule has 1 heterocycles. The molecule has 0 unspecified atom stereocenters. The summed E-state index contributed by atoms with van der Waals surface area (Å²) in [5, 5.41) is 31.8. The maximum atomic E-state index is 13.9. The van der Waals surface area contributed by atoms with Gasteiger partial charge in [0.25, 0.3) is 5.91 Å². The monoisotopic (exact) mass is 573 g/mol. The maximum absolute atomic E-state index is 13.9. The molecule has 0 spiro atoms. The molecule has 0 radical (unpaired) electrons. The van der Waals surface area contributed by atoms with Crippen molar-refractivity contribution in [3.8, 4) is 11.5 Å². The molecule has 2 aliphatic carbocycles. The van der Waals surface area contributed by atoms with E-state index in [4.69, 9.17) is 9.47 Å². The lowest BCUT2D eigenvalue weighted by Crippen LogP contribution is -2.59. The number of aliphatic carboxylic acids is 1. The van der Waals surface area contributed by atoms with E-state index in [1.807, 2.05) is 20.8 Å². The summed E-state index contributed by atoms with van der Waals surface area (Å²) >= 11 is 0. The summed E-state index contributed by atoms with van der Waals surface area (Å²) in [6.07, 6.45) is 4.96. The van der Waals surface area contributed by atoms with Gasteiger partial charge in [0.15, 0.2) is 0 Å². The molecule has 2 fully saturated rings. The molecule has 4 rings (SSSR count). The molecule has 3 N–H and O–H groups in total. The number of rotatable bonds is 9. The fourth-order valence-electron chi connectivity index (χ4n) is 8.53. The summed E-state index contributed by atoms with van der Waals surface area (Å²) in [5.41, 5.74) is -0.539. The Bertz CT molecular complexity index is 1230. The topological polar surface area (TPSA) is 134 Å². The molecule has 0 aromatic heterocycles. The number of aliphatic hydroxyl groups is 1. The van der Waals surface area contributed by atoms with Crippen molar-refractivity contribution in [2.45, 2.75) is 105 Å². The largest absolute Gasteiger partial charge is 0.495 e. The summed E-state index contributed by atoms with van der Waals surface area (Å²) < 4.78 is 12.1. The fraction of sp³-hybridized carbons (Fsp3) is 0.719. The van der Waals surface area contributed by atoms with Gasteiger partial charge in [-0.05, 0) is 68.6 Å². The van der Waals surface area contributed by atoms with Gasteiger partial charge in [0.1, 0.15) is 23.1 Å². The van der Waals surface area contributed by atoms with Gasteiger partial charge in [-0.25, -0.2) is 9.59 Å². The number of hydrogen-bond donors (Lipinski definition) is 3. The summed E-state index contributed by atoms with van der Waals surface area (Å²) in [4.78, 5) is 39.9. The summed E-state index contributed by atoms with van der Waals surface area (Å²) in [7, 11) is 1.37. The lowest BCUT2D eigenvalue weighted by molar-refractivity contribution is -0.176. The standard InChI is InChI=1S/C32H47NO8/c1-17(2)14-20(28(35)36)33-15-19-23(27(33)34)26(18(3)25(40-8)24(19)29(37)38)41-16-22-31(6)12-9-11-30(4,5)21(31)10-13-32(22,7)39/h17,20-22,39H,9-16H2,1-8H3,(H,35,36)(H,37,38)/t20-,21-,22+,31-,32+/m0/s1. The van der Waals surface area contributed by atoms with Crippen molar-refractivity contribution in [1.29, 1.82) is 0 Å². The molecule has 3 aliphatic rings. The van der Waals surface area contributed by atoms with E-state index in [9.17, 15) is 29.7 Å². The number of carboxylic acid groups (broad SMARTS) is 2. The average molecular weight is 574 g/mol. The van der Waals surface area contributed by atoms with Crippen LogP contribution in [0.5, 0.6) is 11.5 Å². The highest BCUT2D eigenvalue weighted by Gasteiger charge is 2.58. The number of amides is 1. The molecular weight excluding hydrogens is 526 g/mol. The number of carboxylic acids is 2. The Balaban J connectivity index is 1.80. The Hall–Kier alpha value is -2.81. The van der Waals surface area contributed by atoms with Crippen molar-refractivity contribution >= 4 is 17.8 Å². The van der Waals surface area contributed by atoms with Crippen LogP contribution >= 0.6 is 0 Å². The van der Waals surface area contributed by atoms with Gasteiger partial charge in [0.05, 0.1) is 24.9 Å². The third kappa shape index (κ3) is 5.19. The van der Waals surface area contributed by atoms with E-state index in [1.54, 1.807) is 6.92 Å². The van der Waals surface area contributed by atoms with E-state index < -0.39 is 29.5 Å². The van der Waals surface area contributed by atoms with Crippen LogP contribution in [0.2, 0.25) is 0 Å². The minimum atomic E-state index is -1.26. The van der Waals surface area contributed by atoms with Crippen LogP contribution in [0, 0.1) is 35.5 Å². The zero-order chi connectivity index (χ0) is 30.7. The second-order valence-corrected chi connectivity index (χ2v) is 14.1. The van der Waals surface area contributed by atoms with Crippen LogP contribution in [-0.4, -0.2) is 63.4 Å². The molecular formula is C32H47NO8. The second-order valence-electron chi connectivity index (χ2n) is 14.1. The van der Waals surface area contributed by atoms with Crippen molar-refractivity contribution in [3.05, 3.63) is 22.3 Å². The first kappa shape index (κ1) is 31.1. The van der Waals surface area contributed by atoms with Crippen molar-refractivity contribution in [2.24, 2.45) is 28.6 Å². The Morgan fingerprint density at radius 1 is 1.07 bits per heavy atom. The highest BCUT2D eigenvalue weighted by atomic mass is 16.5. The molecule has 0 saturated heterocycles. The van der Waals surface area contributed by atoms with Crippen LogP contribution in [0.4, 0.5) is 0 Å². The number of fused-ring (bicyclic) bond motifs is 2. The van der Waals surface area contributed by atoms with E-state index in [0.717, 1.165) is 25.7 Å². The van der Waals surface area contributed by atoms with Gasteiger partial charge in [0.2, 0.25) is 0 Å². The predicted molar refractivity (Wildman–Crippen MR) is 154 cm³/mol. The molecule has 9 nitrogen and oxygen atoms in total. The normalized spacial score (nSPS) is 29.6. The molecule has 2 saturated carbocycles. The maximum Gasteiger partial charge on any atom is 0.339 e. The van der Waals surface area contributed by atoms with Gasteiger partial charge >= 0.3 is 11.9 Å². The number of nitrogens with zero attached hydrogens (tertiary/aromatic N) is 1. The molecule has 1 aromatic carbocycles. The minimum Gasteiger partial charge on any atom is -0.495 e. The number of methoxy groups -OCH3 is 1. The number of carbonyl (C=O) groups excluding carboxylic acids is 1. The van der Waals surface area contributed by atoms with Gasteiger partial charge in [-0.15, -0.1) is 0 Å². The molecule has 41 heavy (non-hydrogen) atoms. The van der Waals surface area contributed by atoms with Gasteiger partial charge in [0, 0.05) is 23.6 Å². The quantitative estimate of drug-likeness (QED) is 0.351. The third-order valence-corrected chi connectivity index (χ3v) is 10.5. The number of aromatic carboxylic acids is 1. The first-order valence-corrected chi connectivity index (χ1v) is 14.8. The Kier molecular flexibility index (Phi) is 8.19. The number of ether oxygens (including phenoxy) is 2. The average Bonchev–Trinajstić information content (AvgIpc) is 3.17. The van der Waals surface area contributed by atoms with Crippen LogP contribution in [0.25, 0.3) is 0 Å². The fourth-order valence-corrected chi connectivity index (χ4v) is 8.53. The first-order chi connectivity index (χ1) is 19.0. The van der Waals surface area contributed by atoms with Gasteiger partial charge < -0.3 is 29.7 Å².